The van der Waals surface area contributed by atoms with Crippen molar-refractivity contribution in [3.05, 3.63) is 12.5 Å². The molecule has 0 saturated heterocycles. The molecule has 0 atom stereocenters. The zero-order valence-corrected chi connectivity index (χ0v) is 6.01. The molecular formula is C7H13NO2. The normalized spacial score (nSPS) is 20.8. The number of hydrogen-bond acceptors (Lipinski definition) is 3. The van der Waals surface area contributed by atoms with Gasteiger partial charge in [-0.15, -0.1) is 0 Å². The largest absolute Gasteiger partial charge is 0.500 e. The average molecular weight is 143 g/mol. The van der Waals surface area contributed by atoms with Crippen LogP contribution in [-0.2, 0) is 9.47 Å². The monoisotopic (exact) mass is 143 g/mol. The van der Waals surface area contributed by atoms with Crippen LogP contribution in [0.4, 0.5) is 0 Å². The fraction of sp³-hybridized carbons (Fsp3) is 0.714. The van der Waals surface area contributed by atoms with E-state index in [9.17, 15) is 0 Å². The van der Waals surface area contributed by atoms with Crippen LogP contribution in [-0.4, -0.2) is 19.9 Å². The fourth-order valence-electron chi connectivity index (χ4n) is 0.733. The van der Waals surface area contributed by atoms with Crippen molar-refractivity contribution in [3.63, 3.8) is 0 Å². The summed E-state index contributed by atoms with van der Waals surface area (Å²) in [5.41, 5.74) is 0. The number of nitrogens with one attached hydrogen (secondary N) is 1. The van der Waals surface area contributed by atoms with Gasteiger partial charge >= 0.3 is 0 Å². The molecule has 0 amide bonds. The highest BCUT2D eigenvalue weighted by Crippen LogP contribution is 1.92. The van der Waals surface area contributed by atoms with E-state index in [0.29, 0.717) is 6.73 Å². The summed E-state index contributed by atoms with van der Waals surface area (Å²) in [6.07, 6.45) is 5.57. The van der Waals surface area contributed by atoms with Crippen LogP contribution in [0.1, 0.15) is 12.8 Å². The van der Waals surface area contributed by atoms with Gasteiger partial charge in [-0.2, -0.15) is 0 Å². The minimum Gasteiger partial charge on any atom is -0.500 e. The van der Waals surface area contributed by atoms with E-state index in [1.54, 1.807) is 12.5 Å². The Bertz CT molecular complexity index is 91.8. The Hall–Kier alpha value is -0.700. The Balaban J connectivity index is 2.13. The third kappa shape index (κ3) is 3.35. The lowest BCUT2D eigenvalue weighted by atomic mass is 10.3. The van der Waals surface area contributed by atoms with Crippen molar-refractivity contribution >= 4 is 0 Å². The van der Waals surface area contributed by atoms with Gasteiger partial charge in [0.15, 0.2) is 0 Å². The standard InChI is InChI=1S/C7H13NO2/c1-2-5-10-7-8-3-6-9-4-1/h3,6,8H,1-2,4-5,7H2. The first kappa shape index (κ1) is 7.41. The van der Waals surface area contributed by atoms with Crippen LogP contribution in [0.2, 0.25) is 0 Å². The highest BCUT2D eigenvalue weighted by Gasteiger charge is 1.90. The van der Waals surface area contributed by atoms with Crippen LogP contribution < -0.4 is 5.32 Å². The second kappa shape index (κ2) is 5.11. The van der Waals surface area contributed by atoms with E-state index in [2.05, 4.69) is 5.32 Å². The van der Waals surface area contributed by atoms with E-state index in [1.807, 2.05) is 0 Å². The third-order valence-electron chi connectivity index (χ3n) is 1.27. The van der Waals surface area contributed by atoms with Crippen LogP contribution in [0.5, 0.6) is 0 Å². The summed E-state index contributed by atoms with van der Waals surface area (Å²) in [6.45, 7) is 2.20. The van der Waals surface area contributed by atoms with Gasteiger partial charge < -0.3 is 14.8 Å². The van der Waals surface area contributed by atoms with Crippen molar-refractivity contribution in [2.75, 3.05) is 19.9 Å². The predicted octanol–water partition coefficient (Wildman–Crippen LogP) is 0.832. The van der Waals surface area contributed by atoms with Crippen LogP contribution in [0.25, 0.3) is 0 Å². The maximum Gasteiger partial charge on any atom is 0.116 e. The van der Waals surface area contributed by atoms with Crippen LogP contribution in [0, 0.1) is 0 Å². The van der Waals surface area contributed by atoms with E-state index in [1.165, 1.54) is 0 Å². The van der Waals surface area contributed by atoms with Crippen molar-refractivity contribution in [1.82, 2.24) is 5.32 Å². The lowest BCUT2D eigenvalue weighted by molar-refractivity contribution is 0.110. The molecule has 0 fully saturated rings. The van der Waals surface area contributed by atoms with Crippen molar-refractivity contribution in [3.8, 4) is 0 Å². The van der Waals surface area contributed by atoms with Crippen molar-refractivity contribution < 1.29 is 9.47 Å². The van der Waals surface area contributed by atoms with Gasteiger partial charge in [-0.1, -0.05) is 0 Å². The summed E-state index contributed by atoms with van der Waals surface area (Å²) in [7, 11) is 0. The smallest absolute Gasteiger partial charge is 0.116 e. The summed E-state index contributed by atoms with van der Waals surface area (Å²) in [4.78, 5) is 0. The highest BCUT2D eigenvalue weighted by atomic mass is 16.5. The fourth-order valence-corrected chi connectivity index (χ4v) is 0.733. The van der Waals surface area contributed by atoms with Crippen LogP contribution in [0.3, 0.4) is 0 Å². The van der Waals surface area contributed by atoms with E-state index in [-0.39, 0.29) is 0 Å². The second-order valence-electron chi connectivity index (χ2n) is 2.14. The molecule has 1 N–H and O–H groups in total. The summed E-state index contributed by atoms with van der Waals surface area (Å²) in [5.74, 6) is 0. The van der Waals surface area contributed by atoms with Gasteiger partial charge in [-0.05, 0) is 12.8 Å². The Kier molecular flexibility index (Phi) is 3.79. The van der Waals surface area contributed by atoms with E-state index in [0.717, 1.165) is 26.1 Å². The maximum atomic E-state index is 5.19. The number of hydrogen-bond donors (Lipinski definition) is 1. The van der Waals surface area contributed by atoms with Gasteiger partial charge in [0.2, 0.25) is 0 Å². The van der Waals surface area contributed by atoms with Crippen LogP contribution >= 0.6 is 0 Å². The molecule has 0 aliphatic carbocycles. The second-order valence-corrected chi connectivity index (χ2v) is 2.14. The summed E-state index contributed by atoms with van der Waals surface area (Å²) < 4.78 is 10.3. The summed E-state index contributed by atoms with van der Waals surface area (Å²) >= 11 is 0. The zero-order valence-electron chi connectivity index (χ0n) is 6.01. The van der Waals surface area contributed by atoms with Crippen molar-refractivity contribution in [2.24, 2.45) is 0 Å². The molecular weight excluding hydrogens is 130 g/mol. The van der Waals surface area contributed by atoms with Gasteiger partial charge in [-0.3, -0.25) is 0 Å². The Labute approximate surface area is 61.0 Å². The lowest BCUT2D eigenvalue weighted by Crippen LogP contribution is -2.13. The van der Waals surface area contributed by atoms with Gasteiger partial charge in [0.25, 0.3) is 0 Å². The van der Waals surface area contributed by atoms with E-state index < -0.39 is 0 Å². The van der Waals surface area contributed by atoms with Crippen molar-refractivity contribution in [1.29, 1.82) is 0 Å². The highest BCUT2D eigenvalue weighted by molar-refractivity contribution is 4.68. The molecule has 3 nitrogen and oxygen atoms in total. The third-order valence-corrected chi connectivity index (χ3v) is 1.27. The molecule has 3 heteroatoms. The zero-order chi connectivity index (χ0) is 7.07. The molecule has 0 aromatic heterocycles. The molecule has 1 heterocycles. The maximum absolute atomic E-state index is 5.19. The van der Waals surface area contributed by atoms with Gasteiger partial charge in [0.1, 0.15) is 6.73 Å². The van der Waals surface area contributed by atoms with Crippen LogP contribution in [0.15, 0.2) is 12.5 Å². The Morgan fingerprint density at radius 1 is 1.20 bits per heavy atom. The number of rotatable bonds is 0. The summed E-state index contributed by atoms with van der Waals surface area (Å²) in [6, 6.07) is 0. The minimum atomic E-state index is 0.583. The van der Waals surface area contributed by atoms with Gasteiger partial charge in [-0.25, -0.2) is 0 Å². The number of ether oxygens (including phenoxy) is 2. The molecule has 0 bridgehead atoms. The molecule has 0 aromatic rings. The van der Waals surface area contributed by atoms with E-state index >= 15 is 0 Å². The first-order valence-corrected chi connectivity index (χ1v) is 3.58. The molecule has 0 saturated carbocycles. The molecule has 58 valence electrons. The van der Waals surface area contributed by atoms with Crippen molar-refractivity contribution in [2.45, 2.75) is 12.8 Å². The first-order valence-electron chi connectivity index (χ1n) is 3.58. The molecule has 10 heavy (non-hydrogen) atoms. The predicted molar refractivity (Wildman–Crippen MR) is 38.3 cm³/mol. The molecule has 1 aliphatic heterocycles. The van der Waals surface area contributed by atoms with Gasteiger partial charge in [0, 0.05) is 12.8 Å². The lowest BCUT2D eigenvalue weighted by Gasteiger charge is -2.06. The minimum absolute atomic E-state index is 0.583. The average Bonchev–Trinajstić information content (AvgIpc) is 2.01. The topological polar surface area (TPSA) is 30.5 Å². The molecule has 0 spiro atoms. The SMILES string of the molecule is C1=COCCCCOCN1. The molecule has 0 unspecified atom stereocenters. The molecule has 1 rings (SSSR count). The molecule has 0 radical (unpaired) electrons. The Morgan fingerprint density at radius 3 is 3.10 bits per heavy atom. The molecule has 0 aromatic carbocycles. The van der Waals surface area contributed by atoms with E-state index in [4.69, 9.17) is 9.47 Å². The first-order chi connectivity index (χ1) is 5.00. The quantitative estimate of drug-likeness (QED) is 0.545. The summed E-state index contributed by atoms with van der Waals surface area (Å²) in [5, 5.41) is 2.93. The Morgan fingerprint density at radius 2 is 2.10 bits per heavy atom. The molecule has 1 aliphatic rings. The van der Waals surface area contributed by atoms with Gasteiger partial charge in [0.05, 0.1) is 12.9 Å².